The first-order valence-corrected chi connectivity index (χ1v) is 5.43. The molecule has 48 valence electrons. The summed E-state index contributed by atoms with van der Waals surface area (Å²) in [6.45, 7) is 0. The van der Waals surface area contributed by atoms with Gasteiger partial charge in [0.1, 0.15) is 0 Å². The van der Waals surface area contributed by atoms with Crippen LogP contribution in [-0.2, 0) is 3.74 Å². The van der Waals surface area contributed by atoms with E-state index >= 15 is 0 Å². The molecule has 0 aliphatic rings. The van der Waals surface area contributed by atoms with Crippen LogP contribution in [0.25, 0.3) is 0 Å². The first kappa shape index (κ1) is 6.66. The minimum absolute atomic E-state index is 0.581. The minimum atomic E-state index is -3.02. The monoisotopic (exact) mass is 186 g/mol. The normalized spacial score (nSPS) is 13.0. The third-order valence-corrected chi connectivity index (χ3v) is 2.76. The van der Waals surface area contributed by atoms with Crippen molar-refractivity contribution in [1.82, 2.24) is 0 Å². The van der Waals surface area contributed by atoms with Crippen LogP contribution in [0.2, 0.25) is 0 Å². The van der Waals surface area contributed by atoms with E-state index in [-0.39, 0.29) is 0 Å². The Morgan fingerprint density at radius 3 is 2.11 bits per heavy atom. The van der Waals surface area contributed by atoms with E-state index in [0.717, 1.165) is 0 Å². The molecule has 0 aromatic heterocycles. The Bertz CT molecular complexity index is 208. The van der Waals surface area contributed by atoms with Crippen molar-refractivity contribution >= 4 is 19.3 Å². The summed E-state index contributed by atoms with van der Waals surface area (Å²) in [6, 6.07) is 8.68. The Morgan fingerprint density at radius 2 is 1.78 bits per heavy atom. The maximum atomic E-state index is 10.5. The molecule has 0 amide bonds. The molecule has 0 aliphatic heterocycles. The summed E-state index contributed by atoms with van der Waals surface area (Å²) in [7, 11) is 0. The topological polar surface area (TPSA) is 37.3 Å². The van der Waals surface area contributed by atoms with Crippen LogP contribution in [0.5, 0.6) is 0 Å². The van der Waals surface area contributed by atoms with Gasteiger partial charge < -0.3 is 0 Å². The SMILES string of the molecule is O=[AsH](O)c1ccccc1. The standard InChI is InChI=1S/C6H7AsO2/c8-7(9)6-4-2-1-3-5-6/h1-5,7H,(H,8,9). The molecule has 0 radical (unpaired) electrons. The summed E-state index contributed by atoms with van der Waals surface area (Å²) in [5.41, 5.74) is 0. The Morgan fingerprint density at radius 1 is 1.22 bits per heavy atom. The van der Waals surface area contributed by atoms with Gasteiger partial charge in [-0.05, 0) is 0 Å². The van der Waals surface area contributed by atoms with Gasteiger partial charge in [0.2, 0.25) is 0 Å². The zero-order valence-electron chi connectivity index (χ0n) is 4.74. The molecule has 9 heavy (non-hydrogen) atoms. The molecule has 0 spiro atoms. The first-order valence-electron chi connectivity index (χ1n) is 2.59. The summed E-state index contributed by atoms with van der Waals surface area (Å²) in [5.74, 6) is 0. The zero-order valence-corrected chi connectivity index (χ0v) is 6.84. The van der Waals surface area contributed by atoms with Crippen LogP contribution in [0, 0.1) is 0 Å². The Kier molecular flexibility index (Phi) is 2.15. The first-order chi connectivity index (χ1) is 4.30. The molecule has 0 fully saturated rings. The number of hydrogen-bond acceptors (Lipinski definition) is 1. The Labute approximate surface area is 58.0 Å². The quantitative estimate of drug-likeness (QED) is 0.602. The Hall–Kier alpha value is -0.462. The summed E-state index contributed by atoms with van der Waals surface area (Å²) in [6.07, 6.45) is 0. The van der Waals surface area contributed by atoms with Crippen LogP contribution in [0.1, 0.15) is 0 Å². The number of hydrogen-bond donors (Lipinski definition) is 1. The van der Waals surface area contributed by atoms with E-state index in [9.17, 15) is 3.74 Å². The Balaban J connectivity index is 2.98. The van der Waals surface area contributed by atoms with Gasteiger partial charge in [-0.1, -0.05) is 0 Å². The van der Waals surface area contributed by atoms with Gasteiger partial charge in [-0.3, -0.25) is 0 Å². The van der Waals surface area contributed by atoms with Gasteiger partial charge in [0.15, 0.2) is 0 Å². The molecule has 1 aromatic carbocycles. The van der Waals surface area contributed by atoms with Crippen LogP contribution < -0.4 is 4.35 Å². The molecule has 0 bridgehead atoms. The third kappa shape index (κ3) is 1.74. The third-order valence-electron chi connectivity index (χ3n) is 1.02. The maximum absolute atomic E-state index is 10.5. The van der Waals surface area contributed by atoms with Gasteiger partial charge in [0, 0.05) is 0 Å². The second kappa shape index (κ2) is 2.90. The molecule has 1 atom stereocenters. The van der Waals surface area contributed by atoms with Crippen molar-refractivity contribution in [1.29, 1.82) is 0 Å². The van der Waals surface area contributed by atoms with E-state index in [4.69, 9.17) is 4.10 Å². The second-order valence-corrected chi connectivity index (χ2v) is 4.16. The molecule has 0 saturated heterocycles. The average Bonchev–Trinajstić information content (AvgIpc) is 1.90. The van der Waals surface area contributed by atoms with Crippen molar-refractivity contribution in [3.8, 4) is 0 Å². The molecule has 1 N–H and O–H groups in total. The van der Waals surface area contributed by atoms with Crippen LogP contribution >= 0.6 is 0 Å². The van der Waals surface area contributed by atoms with Crippen LogP contribution in [0.4, 0.5) is 0 Å². The number of rotatable bonds is 1. The van der Waals surface area contributed by atoms with Crippen molar-refractivity contribution in [3.63, 3.8) is 0 Å². The van der Waals surface area contributed by atoms with E-state index in [2.05, 4.69) is 0 Å². The van der Waals surface area contributed by atoms with Crippen molar-refractivity contribution < 1.29 is 7.84 Å². The predicted octanol–water partition coefficient (Wildman–Crippen LogP) is -0.463. The molecule has 0 saturated carbocycles. The van der Waals surface area contributed by atoms with Gasteiger partial charge in [-0.15, -0.1) is 0 Å². The van der Waals surface area contributed by atoms with Crippen LogP contribution in [0.3, 0.4) is 0 Å². The predicted molar refractivity (Wildman–Crippen MR) is 36.1 cm³/mol. The molecule has 1 aromatic rings. The summed E-state index contributed by atoms with van der Waals surface area (Å²) in [5, 5.41) is 0. The van der Waals surface area contributed by atoms with Gasteiger partial charge >= 0.3 is 57.5 Å². The van der Waals surface area contributed by atoms with Crippen molar-refractivity contribution in [2.75, 3.05) is 0 Å². The van der Waals surface area contributed by atoms with E-state index in [0.29, 0.717) is 4.35 Å². The van der Waals surface area contributed by atoms with E-state index in [1.54, 1.807) is 24.3 Å². The fourth-order valence-corrected chi connectivity index (χ4v) is 1.58. The summed E-state index contributed by atoms with van der Waals surface area (Å²) >= 11 is -3.02. The van der Waals surface area contributed by atoms with Crippen molar-refractivity contribution in [2.24, 2.45) is 0 Å². The zero-order chi connectivity index (χ0) is 6.69. The average molecular weight is 186 g/mol. The van der Waals surface area contributed by atoms with Crippen LogP contribution in [0.15, 0.2) is 30.3 Å². The van der Waals surface area contributed by atoms with E-state index < -0.39 is 14.9 Å². The van der Waals surface area contributed by atoms with Crippen molar-refractivity contribution in [2.45, 2.75) is 0 Å². The van der Waals surface area contributed by atoms with Gasteiger partial charge in [-0.25, -0.2) is 0 Å². The van der Waals surface area contributed by atoms with Crippen LogP contribution in [-0.4, -0.2) is 19.0 Å². The molecule has 2 nitrogen and oxygen atoms in total. The van der Waals surface area contributed by atoms with Gasteiger partial charge in [-0.2, -0.15) is 0 Å². The second-order valence-electron chi connectivity index (χ2n) is 1.67. The molecule has 0 aliphatic carbocycles. The molecule has 1 unspecified atom stereocenters. The van der Waals surface area contributed by atoms with Crippen molar-refractivity contribution in [3.05, 3.63) is 30.3 Å². The molecule has 0 heterocycles. The summed E-state index contributed by atoms with van der Waals surface area (Å²) < 4.78 is 19.7. The molecular weight excluding hydrogens is 179 g/mol. The van der Waals surface area contributed by atoms with E-state index in [1.807, 2.05) is 6.07 Å². The summed E-state index contributed by atoms with van der Waals surface area (Å²) in [4.78, 5) is 0. The molecule has 3 heteroatoms. The number of benzene rings is 1. The fraction of sp³-hybridized carbons (Fsp3) is 0. The van der Waals surface area contributed by atoms with Gasteiger partial charge in [0.05, 0.1) is 0 Å². The van der Waals surface area contributed by atoms with Gasteiger partial charge in [0.25, 0.3) is 0 Å². The molecule has 1 rings (SSSR count). The fourth-order valence-electron chi connectivity index (χ4n) is 0.581. The molecular formula is C6H7AsO2. The van der Waals surface area contributed by atoms with E-state index in [1.165, 1.54) is 0 Å².